The summed E-state index contributed by atoms with van der Waals surface area (Å²) in [5.74, 6) is 0.917. The number of nitrogens with zero attached hydrogens (tertiary/aromatic N) is 1. The number of hydrazone groups is 1. The summed E-state index contributed by atoms with van der Waals surface area (Å²) in [4.78, 5) is 0. The summed E-state index contributed by atoms with van der Waals surface area (Å²) < 4.78 is 0. The van der Waals surface area contributed by atoms with E-state index in [2.05, 4.69) is 10.5 Å². The summed E-state index contributed by atoms with van der Waals surface area (Å²) in [6.07, 6.45) is 5.23. The molecule has 1 aliphatic carbocycles. The fraction of sp³-hybridized carbons (Fsp3) is 0.857. The van der Waals surface area contributed by atoms with Crippen LogP contribution in [0.3, 0.4) is 0 Å². The Morgan fingerprint density at radius 1 is 1.33 bits per heavy atom. The van der Waals surface area contributed by atoms with Crippen LogP contribution >= 0.6 is 0 Å². The van der Waals surface area contributed by atoms with Gasteiger partial charge in [-0.15, -0.1) is 0 Å². The number of fused-ring (bicyclic) bond motifs is 4. The van der Waals surface area contributed by atoms with Gasteiger partial charge in [-0.3, -0.25) is 0 Å². The largest absolute Gasteiger partial charge is 0.310 e. The van der Waals surface area contributed by atoms with Gasteiger partial charge in [0, 0.05) is 12.3 Å². The van der Waals surface area contributed by atoms with Crippen LogP contribution in [0.25, 0.3) is 0 Å². The summed E-state index contributed by atoms with van der Waals surface area (Å²) >= 11 is 0. The van der Waals surface area contributed by atoms with Gasteiger partial charge in [0.1, 0.15) is 0 Å². The number of hydrogen-bond donors (Lipinski definition) is 1. The van der Waals surface area contributed by atoms with Gasteiger partial charge in [-0.1, -0.05) is 0 Å². The predicted octanol–water partition coefficient (Wildman–Crippen LogP) is 1.14. The Bertz CT molecular complexity index is 127. The van der Waals surface area contributed by atoms with E-state index in [1.54, 1.807) is 0 Å². The topological polar surface area (TPSA) is 24.4 Å². The number of nitrogens with one attached hydrogen (secondary N) is 1. The third kappa shape index (κ3) is 0.934. The number of hydrogen-bond acceptors (Lipinski definition) is 2. The molecule has 0 aromatic rings. The molecule has 1 saturated carbocycles. The Kier molecular flexibility index (Phi) is 1.18. The average Bonchev–Trinajstić information content (AvgIpc) is 2.21. The normalized spacial score (nSPS) is 26.9. The monoisotopic (exact) mass is 124 g/mol. The molecule has 0 unspecified atom stereocenters. The first-order chi connectivity index (χ1) is 4.45. The maximum Gasteiger partial charge on any atom is 0.0378 e. The molecular formula is C7H12N2. The molecule has 3 rings (SSSR count). The summed E-state index contributed by atoms with van der Waals surface area (Å²) in [5.41, 5.74) is 4.49. The van der Waals surface area contributed by atoms with Crippen molar-refractivity contribution in [3.8, 4) is 0 Å². The highest BCUT2D eigenvalue weighted by Gasteiger charge is 2.19. The van der Waals surface area contributed by atoms with E-state index < -0.39 is 0 Å². The van der Waals surface area contributed by atoms with Crippen LogP contribution in [0.2, 0.25) is 0 Å². The van der Waals surface area contributed by atoms with Crippen molar-refractivity contribution in [3.63, 3.8) is 0 Å². The SMILES string of the molecule is C1CC2CCC1=NNC2. The fourth-order valence-electron chi connectivity index (χ4n) is 1.61. The molecule has 0 amide bonds. The van der Waals surface area contributed by atoms with Crippen LogP contribution in [0.1, 0.15) is 25.7 Å². The minimum absolute atomic E-state index is 0.917. The highest BCUT2D eigenvalue weighted by molar-refractivity contribution is 5.85. The molecule has 50 valence electrons. The van der Waals surface area contributed by atoms with Crippen molar-refractivity contribution in [1.82, 2.24) is 5.43 Å². The van der Waals surface area contributed by atoms with Crippen LogP contribution < -0.4 is 5.43 Å². The predicted molar refractivity (Wildman–Crippen MR) is 37.4 cm³/mol. The van der Waals surface area contributed by atoms with Gasteiger partial charge in [0.2, 0.25) is 0 Å². The van der Waals surface area contributed by atoms with Crippen molar-refractivity contribution in [2.75, 3.05) is 6.54 Å². The standard InChI is InChI=1S/C7H12N2/c1-3-7-4-2-6(1)5-8-9-7/h6,8H,1-5H2. The molecule has 0 atom stereocenters. The third-order valence-corrected chi connectivity index (χ3v) is 2.30. The van der Waals surface area contributed by atoms with E-state index in [9.17, 15) is 0 Å². The highest BCUT2D eigenvalue weighted by atomic mass is 15.3. The molecule has 2 aliphatic heterocycles. The fourth-order valence-corrected chi connectivity index (χ4v) is 1.61. The Morgan fingerprint density at radius 2 is 2.11 bits per heavy atom. The lowest BCUT2D eigenvalue weighted by Gasteiger charge is -2.16. The minimum atomic E-state index is 0.917. The van der Waals surface area contributed by atoms with Gasteiger partial charge in [-0.25, -0.2) is 0 Å². The Hall–Kier alpha value is -0.530. The van der Waals surface area contributed by atoms with E-state index >= 15 is 0 Å². The van der Waals surface area contributed by atoms with Gasteiger partial charge in [-0.05, 0) is 31.6 Å². The Balaban J connectivity index is 2.16. The van der Waals surface area contributed by atoms with E-state index in [0.717, 1.165) is 12.5 Å². The molecule has 0 aromatic carbocycles. The van der Waals surface area contributed by atoms with E-state index in [1.807, 2.05) is 0 Å². The molecule has 9 heavy (non-hydrogen) atoms. The summed E-state index contributed by atoms with van der Waals surface area (Å²) in [5, 5.41) is 4.25. The van der Waals surface area contributed by atoms with E-state index in [1.165, 1.54) is 31.4 Å². The van der Waals surface area contributed by atoms with Crippen molar-refractivity contribution in [2.24, 2.45) is 11.0 Å². The van der Waals surface area contributed by atoms with Crippen LogP contribution in [0.15, 0.2) is 5.10 Å². The molecule has 2 nitrogen and oxygen atoms in total. The zero-order valence-electron chi connectivity index (χ0n) is 5.56. The van der Waals surface area contributed by atoms with E-state index in [-0.39, 0.29) is 0 Å². The molecule has 3 aliphatic rings. The van der Waals surface area contributed by atoms with Crippen LogP contribution in [0.4, 0.5) is 0 Å². The van der Waals surface area contributed by atoms with Crippen LogP contribution in [0, 0.1) is 5.92 Å². The van der Waals surface area contributed by atoms with Gasteiger partial charge >= 0.3 is 0 Å². The zero-order valence-corrected chi connectivity index (χ0v) is 5.56. The van der Waals surface area contributed by atoms with Crippen molar-refractivity contribution >= 4 is 5.71 Å². The summed E-state index contributed by atoms with van der Waals surface area (Å²) in [7, 11) is 0. The van der Waals surface area contributed by atoms with Crippen molar-refractivity contribution in [2.45, 2.75) is 25.7 Å². The van der Waals surface area contributed by atoms with Crippen LogP contribution in [0.5, 0.6) is 0 Å². The molecule has 2 heteroatoms. The first kappa shape index (κ1) is 5.27. The minimum Gasteiger partial charge on any atom is -0.310 e. The third-order valence-electron chi connectivity index (χ3n) is 2.30. The second-order valence-corrected chi connectivity index (χ2v) is 2.98. The molecular weight excluding hydrogens is 112 g/mol. The van der Waals surface area contributed by atoms with Crippen LogP contribution in [-0.2, 0) is 0 Å². The van der Waals surface area contributed by atoms with Crippen LogP contribution in [-0.4, -0.2) is 12.3 Å². The number of rotatable bonds is 0. The molecule has 0 saturated heterocycles. The molecule has 0 aromatic heterocycles. The van der Waals surface area contributed by atoms with E-state index in [0.29, 0.717) is 0 Å². The zero-order chi connectivity index (χ0) is 6.10. The molecule has 1 N–H and O–H groups in total. The van der Waals surface area contributed by atoms with Gasteiger partial charge in [0.05, 0.1) is 0 Å². The maximum atomic E-state index is 4.25. The summed E-state index contributed by atoms with van der Waals surface area (Å²) in [6.45, 7) is 1.11. The lowest BCUT2D eigenvalue weighted by molar-refractivity contribution is 0.440. The molecule has 0 radical (unpaired) electrons. The van der Waals surface area contributed by atoms with Crippen molar-refractivity contribution < 1.29 is 0 Å². The summed E-state index contributed by atoms with van der Waals surface area (Å²) in [6, 6.07) is 0. The first-order valence-corrected chi connectivity index (χ1v) is 3.73. The molecule has 2 heterocycles. The van der Waals surface area contributed by atoms with Gasteiger partial charge < -0.3 is 5.43 Å². The van der Waals surface area contributed by atoms with Gasteiger partial charge in [0.15, 0.2) is 0 Å². The first-order valence-electron chi connectivity index (χ1n) is 3.73. The van der Waals surface area contributed by atoms with Gasteiger partial charge in [0.25, 0.3) is 0 Å². The molecule has 0 spiro atoms. The lowest BCUT2D eigenvalue weighted by Crippen LogP contribution is -2.16. The average molecular weight is 124 g/mol. The second kappa shape index (κ2) is 2.01. The van der Waals surface area contributed by atoms with Gasteiger partial charge in [-0.2, -0.15) is 5.10 Å². The van der Waals surface area contributed by atoms with E-state index in [4.69, 9.17) is 0 Å². The highest BCUT2D eigenvalue weighted by Crippen LogP contribution is 2.23. The second-order valence-electron chi connectivity index (χ2n) is 2.98. The Labute approximate surface area is 55.3 Å². The maximum absolute atomic E-state index is 4.25. The Morgan fingerprint density at radius 3 is 2.89 bits per heavy atom. The quantitative estimate of drug-likeness (QED) is 0.514. The molecule has 1 fully saturated rings. The van der Waals surface area contributed by atoms with Crippen molar-refractivity contribution in [3.05, 3.63) is 0 Å². The molecule has 2 bridgehead atoms. The van der Waals surface area contributed by atoms with Crippen molar-refractivity contribution in [1.29, 1.82) is 0 Å². The lowest BCUT2D eigenvalue weighted by atomic mass is 9.89. The smallest absolute Gasteiger partial charge is 0.0378 e.